The number of aliphatic hydroxyl groups is 2. The maximum Gasteiger partial charge on any atom is 0.171 e. The van der Waals surface area contributed by atoms with Gasteiger partial charge >= 0.3 is 0 Å². The molecule has 1 atom stereocenters. The van der Waals surface area contributed by atoms with Crippen LogP contribution in [0.4, 0.5) is 0 Å². The van der Waals surface area contributed by atoms with E-state index in [-0.39, 0.29) is 0 Å². The molecule has 0 radical (unpaired) electrons. The average Bonchev–Trinajstić information content (AvgIpc) is 1.60. The third-order valence-electron chi connectivity index (χ3n) is 1.06. The van der Waals surface area contributed by atoms with E-state index in [9.17, 15) is 0 Å². The van der Waals surface area contributed by atoms with Gasteiger partial charge in [0.1, 0.15) is 5.72 Å². The molecule has 0 aromatic heterocycles. The fourth-order valence-corrected chi connectivity index (χ4v) is 0.618. The van der Waals surface area contributed by atoms with Crippen molar-refractivity contribution < 1.29 is 10.2 Å². The lowest BCUT2D eigenvalue weighted by Crippen LogP contribution is -2.60. The SMILES string of the molecule is CCC(N)(O)NC(C)(C)O. The molecule has 0 aromatic carbocycles. The molecular formula is C6H16N2O2. The minimum Gasteiger partial charge on any atom is -0.376 e. The summed E-state index contributed by atoms with van der Waals surface area (Å²) in [4.78, 5) is 0. The molecule has 0 aromatic rings. The fraction of sp³-hybridized carbons (Fsp3) is 1.00. The quantitative estimate of drug-likeness (QED) is 0.400. The van der Waals surface area contributed by atoms with Gasteiger partial charge in [-0.15, -0.1) is 0 Å². The first-order valence-corrected chi connectivity index (χ1v) is 3.30. The van der Waals surface area contributed by atoms with Crippen molar-refractivity contribution in [3.05, 3.63) is 0 Å². The Hall–Kier alpha value is -0.160. The molecule has 4 nitrogen and oxygen atoms in total. The Morgan fingerprint density at radius 1 is 1.40 bits per heavy atom. The molecule has 0 fully saturated rings. The molecule has 0 saturated heterocycles. The van der Waals surface area contributed by atoms with Crippen LogP contribution >= 0.6 is 0 Å². The van der Waals surface area contributed by atoms with E-state index in [4.69, 9.17) is 15.9 Å². The zero-order valence-electron chi connectivity index (χ0n) is 6.68. The van der Waals surface area contributed by atoms with Crippen molar-refractivity contribution in [2.75, 3.05) is 0 Å². The van der Waals surface area contributed by atoms with Crippen LogP contribution in [-0.2, 0) is 0 Å². The second-order valence-corrected chi connectivity index (χ2v) is 2.96. The predicted molar refractivity (Wildman–Crippen MR) is 38.9 cm³/mol. The minimum absolute atomic E-state index is 0.344. The van der Waals surface area contributed by atoms with E-state index in [2.05, 4.69) is 5.32 Å². The fourth-order valence-electron chi connectivity index (χ4n) is 0.618. The molecule has 0 amide bonds. The average molecular weight is 148 g/mol. The summed E-state index contributed by atoms with van der Waals surface area (Å²) in [5, 5.41) is 20.7. The van der Waals surface area contributed by atoms with Gasteiger partial charge in [-0.3, -0.25) is 5.73 Å². The van der Waals surface area contributed by atoms with Crippen LogP contribution in [0, 0.1) is 0 Å². The van der Waals surface area contributed by atoms with E-state index in [1.165, 1.54) is 13.8 Å². The highest BCUT2D eigenvalue weighted by Gasteiger charge is 2.25. The number of nitrogens with one attached hydrogen (secondary N) is 1. The molecule has 62 valence electrons. The minimum atomic E-state index is -1.47. The van der Waals surface area contributed by atoms with Gasteiger partial charge in [0.2, 0.25) is 0 Å². The van der Waals surface area contributed by atoms with Crippen LogP contribution in [0.5, 0.6) is 0 Å². The van der Waals surface area contributed by atoms with Gasteiger partial charge in [-0.2, -0.15) is 0 Å². The first-order chi connectivity index (χ1) is 4.27. The summed E-state index contributed by atoms with van der Waals surface area (Å²) in [7, 11) is 0. The number of nitrogens with two attached hydrogens (primary N) is 1. The molecule has 0 aliphatic heterocycles. The zero-order chi connectivity index (χ0) is 8.41. The van der Waals surface area contributed by atoms with E-state index in [1.807, 2.05) is 0 Å². The first-order valence-electron chi connectivity index (χ1n) is 3.30. The summed E-state index contributed by atoms with van der Waals surface area (Å²) < 4.78 is 0. The standard InChI is InChI=1S/C6H16N2O2/c1-4-6(7,10)8-5(2,3)9/h8-10H,4,7H2,1-3H3. The Morgan fingerprint density at radius 3 is 1.90 bits per heavy atom. The predicted octanol–water partition coefficient (Wildman–Crippen LogP) is -0.681. The van der Waals surface area contributed by atoms with Crippen LogP contribution in [0.15, 0.2) is 0 Å². The van der Waals surface area contributed by atoms with Crippen LogP contribution in [-0.4, -0.2) is 21.8 Å². The Bertz CT molecular complexity index is 107. The van der Waals surface area contributed by atoms with E-state index in [1.54, 1.807) is 6.92 Å². The van der Waals surface area contributed by atoms with Crippen molar-refractivity contribution in [1.29, 1.82) is 0 Å². The van der Waals surface area contributed by atoms with Gasteiger partial charge in [0, 0.05) is 6.42 Å². The number of hydrogen-bond donors (Lipinski definition) is 4. The lowest BCUT2D eigenvalue weighted by molar-refractivity contribution is -0.0829. The van der Waals surface area contributed by atoms with Gasteiger partial charge in [0.05, 0.1) is 0 Å². The molecule has 10 heavy (non-hydrogen) atoms. The van der Waals surface area contributed by atoms with Crippen LogP contribution in [0.3, 0.4) is 0 Å². The Kier molecular flexibility index (Phi) is 2.79. The highest BCUT2D eigenvalue weighted by molar-refractivity contribution is 4.72. The summed E-state index contributed by atoms with van der Waals surface area (Å²) >= 11 is 0. The Labute approximate surface area is 61.0 Å². The van der Waals surface area contributed by atoms with E-state index in [0.717, 1.165) is 0 Å². The van der Waals surface area contributed by atoms with Crippen molar-refractivity contribution in [1.82, 2.24) is 5.32 Å². The maximum atomic E-state index is 9.17. The largest absolute Gasteiger partial charge is 0.376 e. The molecule has 0 heterocycles. The topological polar surface area (TPSA) is 78.5 Å². The van der Waals surface area contributed by atoms with E-state index >= 15 is 0 Å². The van der Waals surface area contributed by atoms with Gasteiger partial charge in [-0.05, 0) is 13.8 Å². The van der Waals surface area contributed by atoms with Gasteiger partial charge in [-0.25, -0.2) is 5.32 Å². The molecule has 0 rings (SSSR count). The third-order valence-corrected chi connectivity index (χ3v) is 1.06. The van der Waals surface area contributed by atoms with E-state index in [0.29, 0.717) is 6.42 Å². The van der Waals surface area contributed by atoms with Crippen molar-refractivity contribution >= 4 is 0 Å². The highest BCUT2D eigenvalue weighted by atomic mass is 16.3. The zero-order valence-corrected chi connectivity index (χ0v) is 6.68. The second kappa shape index (κ2) is 2.84. The highest BCUT2D eigenvalue weighted by Crippen LogP contribution is 2.03. The number of hydrogen-bond acceptors (Lipinski definition) is 4. The maximum absolute atomic E-state index is 9.17. The first kappa shape index (κ1) is 9.84. The number of rotatable bonds is 3. The van der Waals surface area contributed by atoms with Crippen LogP contribution in [0.25, 0.3) is 0 Å². The van der Waals surface area contributed by atoms with Gasteiger partial charge in [0.25, 0.3) is 0 Å². The van der Waals surface area contributed by atoms with Crippen LogP contribution in [0.2, 0.25) is 0 Å². The Morgan fingerprint density at radius 2 is 1.80 bits per heavy atom. The lowest BCUT2D eigenvalue weighted by atomic mass is 10.2. The molecule has 0 bridgehead atoms. The summed E-state index contributed by atoms with van der Waals surface area (Å²) in [6.45, 7) is 4.75. The molecule has 0 spiro atoms. The van der Waals surface area contributed by atoms with Crippen molar-refractivity contribution in [3.63, 3.8) is 0 Å². The lowest BCUT2D eigenvalue weighted by Gasteiger charge is -2.30. The molecule has 1 unspecified atom stereocenters. The van der Waals surface area contributed by atoms with Gasteiger partial charge < -0.3 is 10.2 Å². The Balaban J connectivity index is 3.89. The molecular weight excluding hydrogens is 132 g/mol. The van der Waals surface area contributed by atoms with Gasteiger partial charge in [0.15, 0.2) is 5.85 Å². The van der Waals surface area contributed by atoms with Crippen molar-refractivity contribution in [3.8, 4) is 0 Å². The van der Waals surface area contributed by atoms with Crippen molar-refractivity contribution in [2.45, 2.75) is 38.8 Å². The van der Waals surface area contributed by atoms with Gasteiger partial charge in [-0.1, -0.05) is 6.92 Å². The smallest absolute Gasteiger partial charge is 0.171 e. The summed E-state index contributed by atoms with van der Waals surface area (Å²) in [5.74, 6) is -1.47. The molecule has 4 heteroatoms. The monoisotopic (exact) mass is 148 g/mol. The van der Waals surface area contributed by atoms with Crippen molar-refractivity contribution in [2.24, 2.45) is 5.73 Å². The summed E-state index contributed by atoms with van der Waals surface area (Å²) in [5.41, 5.74) is 4.15. The van der Waals surface area contributed by atoms with Crippen LogP contribution in [0.1, 0.15) is 27.2 Å². The summed E-state index contributed by atoms with van der Waals surface area (Å²) in [6, 6.07) is 0. The molecule has 0 aliphatic carbocycles. The third kappa shape index (κ3) is 4.69. The summed E-state index contributed by atoms with van der Waals surface area (Å²) in [6.07, 6.45) is 0.344. The molecule has 0 saturated carbocycles. The normalized spacial score (nSPS) is 18.6. The molecule has 0 aliphatic rings. The molecule has 5 N–H and O–H groups in total. The second-order valence-electron chi connectivity index (χ2n) is 2.96. The van der Waals surface area contributed by atoms with Crippen LogP contribution < -0.4 is 11.1 Å². The van der Waals surface area contributed by atoms with E-state index < -0.39 is 11.6 Å².